The number of hydrazine groups is 1. The van der Waals surface area contributed by atoms with E-state index in [9.17, 15) is 13.2 Å². The second-order valence-electron chi connectivity index (χ2n) is 4.43. The molecule has 1 aromatic carbocycles. The average Bonchev–Trinajstić information content (AvgIpc) is 2.24. The van der Waals surface area contributed by atoms with E-state index >= 15 is 0 Å². The van der Waals surface area contributed by atoms with Gasteiger partial charge >= 0.3 is 6.36 Å². The third-order valence-corrected chi connectivity index (χ3v) is 2.43. The summed E-state index contributed by atoms with van der Waals surface area (Å²) >= 11 is 0. The van der Waals surface area contributed by atoms with E-state index in [2.05, 4.69) is 10.2 Å². The molecule has 0 radical (unpaired) electrons. The maximum absolute atomic E-state index is 12.3. The number of nitrogens with two attached hydrogens (primary N) is 1. The lowest BCUT2D eigenvalue weighted by Crippen LogP contribution is -2.30. The number of benzene rings is 1. The van der Waals surface area contributed by atoms with E-state index in [0.717, 1.165) is 0 Å². The van der Waals surface area contributed by atoms with Crippen LogP contribution in [0.1, 0.15) is 31.9 Å². The van der Waals surface area contributed by atoms with Gasteiger partial charge in [0.2, 0.25) is 0 Å². The predicted molar refractivity (Wildman–Crippen MR) is 62.6 cm³/mol. The summed E-state index contributed by atoms with van der Waals surface area (Å²) in [7, 11) is 0. The second kappa shape index (κ2) is 6.06. The number of halogens is 3. The average molecular weight is 262 g/mol. The van der Waals surface area contributed by atoms with Gasteiger partial charge in [-0.1, -0.05) is 32.0 Å². The number of alkyl halides is 3. The Kier molecular flexibility index (Phi) is 4.98. The topological polar surface area (TPSA) is 47.3 Å². The fourth-order valence-corrected chi connectivity index (χ4v) is 1.74. The van der Waals surface area contributed by atoms with E-state index in [0.29, 0.717) is 17.9 Å². The Morgan fingerprint density at radius 3 is 2.39 bits per heavy atom. The van der Waals surface area contributed by atoms with Gasteiger partial charge in [-0.3, -0.25) is 11.3 Å². The van der Waals surface area contributed by atoms with Crippen LogP contribution >= 0.6 is 0 Å². The third-order valence-electron chi connectivity index (χ3n) is 2.43. The van der Waals surface area contributed by atoms with Crippen LogP contribution in [0.3, 0.4) is 0 Å². The summed E-state index contributed by atoms with van der Waals surface area (Å²) in [6.07, 6.45) is -4.08. The molecule has 0 aliphatic rings. The first-order valence-corrected chi connectivity index (χ1v) is 5.64. The Balaban J connectivity index is 2.99. The first-order chi connectivity index (χ1) is 8.33. The lowest BCUT2D eigenvalue weighted by atomic mass is 9.97. The molecule has 0 fully saturated rings. The van der Waals surface area contributed by atoms with Gasteiger partial charge in [-0.15, -0.1) is 13.2 Å². The Morgan fingerprint density at radius 2 is 1.89 bits per heavy atom. The zero-order chi connectivity index (χ0) is 13.8. The van der Waals surface area contributed by atoms with Crippen molar-refractivity contribution >= 4 is 0 Å². The number of hydrogen-bond donors (Lipinski definition) is 2. The first-order valence-electron chi connectivity index (χ1n) is 5.64. The normalized spacial score (nSPS) is 13.7. The molecule has 0 amide bonds. The fraction of sp³-hybridized carbons (Fsp3) is 0.500. The summed E-state index contributed by atoms with van der Waals surface area (Å²) in [5.74, 6) is 5.48. The molecule has 3 N–H and O–H groups in total. The Morgan fingerprint density at radius 1 is 1.28 bits per heavy atom. The van der Waals surface area contributed by atoms with Crippen LogP contribution in [0.25, 0.3) is 0 Å². The number of para-hydroxylation sites is 1. The molecular weight excluding hydrogens is 245 g/mol. The van der Waals surface area contributed by atoms with Crippen molar-refractivity contribution in [1.29, 1.82) is 0 Å². The van der Waals surface area contributed by atoms with Crippen LogP contribution < -0.4 is 16.0 Å². The van der Waals surface area contributed by atoms with Crippen LogP contribution in [0.4, 0.5) is 13.2 Å². The quantitative estimate of drug-likeness (QED) is 0.633. The van der Waals surface area contributed by atoms with Crippen molar-refractivity contribution < 1.29 is 17.9 Å². The van der Waals surface area contributed by atoms with E-state index < -0.39 is 6.36 Å². The van der Waals surface area contributed by atoms with Gasteiger partial charge in [0.05, 0.1) is 0 Å². The molecule has 0 aliphatic carbocycles. The van der Waals surface area contributed by atoms with Crippen molar-refractivity contribution in [3.8, 4) is 5.75 Å². The number of ether oxygens (including phenoxy) is 1. The molecule has 6 heteroatoms. The van der Waals surface area contributed by atoms with Gasteiger partial charge in [0.1, 0.15) is 5.75 Å². The molecule has 1 unspecified atom stereocenters. The lowest BCUT2D eigenvalue weighted by Gasteiger charge is -2.21. The van der Waals surface area contributed by atoms with E-state index in [1.807, 2.05) is 13.8 Å². The third kappa shape index (κ3) is 4.54. The van der Waals surface area contributed by atoms with Crippen molar-refractivity contribution in [1.82, 2.24) is 5.43 Å². The Bertz CT molecular complexity index is 380. The van der Waals surface area contributed by atoms with Gasteiger partial charge in [-0.2, -0.15) is 0 Å². The summed E-state index contributed by atoms with van der Waals surface area (Å²) < 4.78 is 40.8. The van der Waals surface area contributed by atoms with Gasteiger partial charge in [-0.05, 0) is 18.4 Å². The van der Waals surface area contributed by atoms with E-state index in [4.69, 9.17) is 5.84 Å². The van der Waals surface area contributed by atoms with Crippen LogP contribution in [0, 0.1) is 5.92 Å². The molecule has 0 heterocycles. The van der Waals surface area contributed by atoms with Crippen LogP contribution in [-0.2, 0) is 0 Å². The monoisotopic (exact) mass is 262 g/mol. The van der Waals surface area contributed by atoms with Gasteiger partial charge in [-0.25, -0.2) is 0 Å². The van der Waals surface area contributed by atoms with Crippen LogP contribution in [0.2, 0.25) is 0 Å². The molecule has 1 atom stereocenters. The molecule has 1 rings (SSSR count). The molecule has 0 aliphatic heterocycles. The maximum Gasteiger partial charge on any atom is 0.573 e. The van der Waals surface area contributed by atoms with Gasteiger partial charge < -0.3 is 4.74 Å². The van der Waals surface area contributed by atoms with E-state index in [1.165, 1.54) is 12.1 Å². The Hall–Kier alpha value is -1.27. The molecular formula is C12H17F3N2O. The van der Waals surface area contributed by atoms with Crippen molar-refractivity contribution in [3.05, 3.63) is 29.8 Å². The highest BCUT2D eigenvalue weighted by Gasteiger charge is 2.32. The molecule has 0 saturated heterocycles. The zero-order valence-electron chi connectivity index (χ0n) is 10.3. The predicted octanol–water partition coefficient (Wildman–Crippen LogP) is 3.14. The van der Waals surface area contributed by atoms with Crippen LogP contribution in [-0.4, -0.2) is 6.36 Å². The van der Waals surface area contributed by atoms with Gasteiger partial charge in [0.15, 0.2) is 0 Å². The highest BCUT2D eigenvalue weighted by atomic mass is 19.4. The molecule has 0 aromatic heterocycles. The lowest BCUT2D eigenvalue weighted by molar-refractivity contribution is -0.275. The SMILES string of the molecule is CC(C)CC(NN)c1ccccc1OC(F)(F)F. The molecule has 3 nitrogen and oxygen atoms in total. The molecule has 0 saturated carbocycles. The molecule has 1 aromatic rings. The smallest absolute Gasteiger partial charge is 0.405 e. The van der Waals surface area contributed by atoms with E-state index in [-0.39, 0.29) is 11.8 Å². The molecule has 102 valence electrons. The fourth-order valence-electron chi connectivity index (χ4n) is 1.74. The minimum absolute atomic E-state index is 0.214. The number of hydrogen-bond acceptors (Lipinski definition) is 3. The highest BCUT2D eigenvalue weighted by Crippen LogP contribution is 2.32. The minimum atomic E-state index is -4.70. The zero-order valence-corrected chi connectivity index (χ0v) is 10.3. The van der Waals surface area contributed by atoms with Crippen molar-refractivity contribution in [3.63, 3.8) is 0 Å². The van der Waals surface area contributed by atoms with Crippen LogP contribution in [0.5, 0.6) is 5.75 Å². The summed E-state index contributed by atoms with van der Waals surface area (Å²) in [4.78, 5) is 0. The minimum Gasteiger partial charge on any atom is -0.405 e. The van der Waals surface area contributed by atoms with Crippen LogP contribution in [0.15, 0.2) is 24.3 Å². The van der Waals surface area contributed by atoms with Crippen molar-refractivity contribution in [2.75, 3.05) is 0 Å². The van der Waals surface area contributed by atoms with Gasteiger partial charge in [0.25, 0.3) is 0 Å². The second-order valence-corrected chi connectivity index (χ2v) is 4.43. The summed E-state index contributed by atoms with van der Waals surface area (Å²) in [6, 6.07) is 5.64. The summed E-state index contributed by atoms with van der Waals surface area (Å²) in [6.45, 7) is 3.94. The van der Waals surface area contributed by atoms with Crippen molar-refractivity contribution in [2.45, 2.75) is 32.7 Å². The summed E-state index contributed by atoms with van der Waals surface area (Å²) in [5.41, 5.74) is 2.94. The Labute approximate surface area is 104 Å². The molecule has 0 spiro atoms. The van der Waals surface area contributed by atoms with E-state index in [1.54, 1.807) is 12.1 Å². The summed E-state index contributed by atoms with van der Waals surface area (Å²) in [5, 5.41) is 0. The molecule has 18 heavy (non-hydrogen) atoms. The first kappa shape index (κ1) is 14.8. The maximum atomic E-state index is 12.3. The largest absolute Gasteiger partial charge is 0.573 e. The standard InChI is InChI=1S/C12H17F3N2O/c1-8(2)7-10(17-16)9-5-3-4-6-11(9)18-12(13,14)15/h3-6,8,10,17H,7,16H2,1-2H3. The number of rotatable bonds is 5. The highest BCUT2D eigenvalue weighted by molar-refractivity contribution is 5.36. The molecule has 0 bridgehead atoms. The van der Waals surface area contributed by atoms with Gasteiger partial charge in [0, 0.05) is 11.6 Å². The number of nitrogens with one attached hydrogen (secondary N) is 1. The van der Waals surface area contributed by atoms with Crippen molar-refractivity contribution in [2.24, 2.45) is 11.8 Å².